The predicted octanol–water partition coefficient (Wildman–Crippen LogP) is 11.9. The molecule has 5 heteroatoms. The zero-order chi connectivity index (χ0) is 34.1. The van der Waals surface area contributed by atoms with Crippen LogP contribution in [-0.4, -0.2) is 15.0 Å². The molecule has 1 aromatic heterocycles. The van der Waals surface area contributed by atoms with Crippen molar-refractivity contribution < 1.29 is 9.47 Å². The van der Waals surface area contributed by atoms with E-state index >= 15 is 0 Å². The predicted molar refractivity (Wildman–Crippen MR) is 203 cm³/mol. The highest BCUT2D eigenvalue weighted by Gasteiger charge is 2.37. The second-order valence-electron chi connectivity index (χ2n) is 13.7. The summed E-state index contributed by atoms with van der Waals surface area (Å²) in [5.41, 5.74) is 9.81. The SMILES string of the molecule is CC1(C)c2ccccc2-c2cc3c(cc21)Oc1cc(-c2ccc(-c4nc(-c5ccccc5)nc(-c5cccc6ccccc56)n4)cc2)ccc1O3. The van der Waals surface area contributed by atoms with Crippen molar-refractivity contribution in [3.05, 3.63) is 163 Å². The number of benzene rings is 7. The summed E-state index contributed by atoms with van der Waals surface area (Å²) in [6.07, 6.45) is 0. The molecule has 0 saturated carbocycles. The van der Waals surface area contributed by atoms with Gasteiger partial charge in [0.25, 0.3) is 0 Å². The first-order chi connectivity index (χ1) is 25.0. The smallest absolute Gasteiger partial charge is 0.170 e. The average Bonchev–Trinajstić information content (AvgIpc) is 3.41. The van der Waals surface area contributed by atoms with Crippen LogP contribution in [0, 0.1) is 0 Å². The first-order valence-corrected chi connectivity index (χ1v) is 17.2. The van der Waals surface area contributed by atoms with Gasteiger partial charge in [-0.05, 0) is 68.4 Å². The van der Waals surface area contributed by atoms with E-state index in [9.17, 15) is 0 Å². The summed E-state index contributed by atoms with van der Waals surface area (Å²) in [4.78, 5) is 14.9. The summed E-state index contributed by atoms with van der Waals surface area (Å²) in [6, 6.07) is 52.0. The zero-order valence-corrected chi connectivity index (χ0v) is 28.1. The fraction of sp³-hybridized carbons (Fsp3) is 0.0652. The fourth-order valence-corrected chi connectivity index (χ4v) is 7.53. The number of ether oxygens (including phenoxy) is 2. The molecule has 8 aromatic rings. The fourth-order valence-electron chi connectivity index (χ4n) is 7.53. The van der Waals surface area contributed by atoms with E-state index in [0.717, 1.165) is 50.1 Å². The highest BCUT2D eigenvalue weighted by molar-refractivity contribution is 5.95. The van der Waals surface area contributed by atoms with Gasteiger partial charge in [-0.25, -0.2) is 15.0 Å². The summed E-state index contributed by atoms with van der Waals surface area (Å²) in [6.45, 7) is 4.54. The quantitative estimate of drug-likeness (QED) is 0.188. The van der Waals surface area contributed by atoms with Crippen LogP contribution >= 0.6 is 0 Å². The molecule has 0 N–H and O–H groups in total. The van der Waals surface area contributed by atoms with Gasteiger partial charge in [-0.15, -0.1) is 0 Å². The van der Waals surface area contributed by atoms with Crippen molar-refractivity contribution >= 4 is 10.8 Å². The maximum Gasteiger partial charge on any atom is 0.170 e. The minimum atomic E-state index is -0.121. The number of fused-ring (bicyclic) bond motifs is 6. The molecule has 10 rings (SSSR count). The molecule has 0 bridgehead atoms. The Morgan fingerprint density at radius 3 is 1.82 bits per heavy atom. The highest BCUT2D eigenvalue weighted by Crippen LogP contribution is 2.55. The van der Waals surface area contributed by atoms with Gasteiger partial charge >= 0.3 is 0 Å². The van der Waals surface area contributed by atoms with Gasteiger partial charge in [0.2, 0.25) is 0 Å². The lowest BCUT2D eigenvalue weighted by Gasteiger charge is -2.25. The molecular formula is C46H31N3O2. The molecule has 7 aromatic carbocycles. The molecule has 0 radical (unpaired) electrons. The monoisotopic (exact) mass is 657 g/mol. The van der Waals surface area contributed by atoms with E-state index in [4.69, 9.17) is 24.4 Å². The van der Waals surface area contributed by atoms with Gasteiger partial charge in [0, 0.05) is 22.1 Å². The van der Waals surface area contributed by atoms with Crippen LogP contribution in [0.3, 0.4) is 0 Å². The van der Waals surface area contributed by atoms with Gasteiger partial charge in [0.05, 0.1) is 0 Å². The van der Waals surface area contributed by atoms with Crippen LogP contribution in [0.4, 0.5) is 0 Å². The van der Waals surface area contributed by atoms with Gasteiger partial charge < -0.3 is 9.47 Å². The maximum absolute atomic E-state index is 6.54. The van der Waals surface area contributed by atoms with E-state index in [1.807, 2.05) is 48.5 Å². The molecule has 5 nitrogen and oxygen atoms in total. The van der Waals surface area contributed by atoms with Crippen LogP contribution in [0.2, 0.25) is 0 Å². The lowest BCUT2D eigenvalue weighted by Crippen LogP contribution is -2.15. The Morgan fingerprint density at radius 2 is 0.980 bits per heavy atom. The molecule has 0 fully saturated rings. The average molecular weight is 658 g/mol. The van der Waals surface area contributed by atoms with E-state index in [1.54, 1.807) is 0 Å². The molecule has 0 spiro atoms. The first-order valence-electron chi connectivity index (χ1n) is 17.2. The number of rotatable bonds is 4. The Hall–Kier alpha value is -6.59. The van der Waals surface area contributed by atoms with Crippen LogP contribution < -0.4 is 9.47 Å². The number of aromatic nitrogens is 3. The molecule has 242 valence electrons. The molecule has 0 amide bonds. The topological polar surface area (TPSA) is 57.1 Å². The summed E-state index contributed by atoms with van der Waals surface area (Å²) in [5, 5.41) is 2.25. The number of hydrogen-bond donors (Lipinski definition) is 0. The summed E-state index contributed by atoms with van der Waals surface area (Å²) >= 11 is 0. The third-order valence-electron chi connectivity index (χ3n) is 10.2. The summed E-state index contributed by atoms with van der Waals surface area (Å²) < 4.78 is 13.0. The van der Waals surface area contributed by atoms with Crippen molar-refractivity contribution in [1.82, 2.24) is 15.0 Å². The van der Waals surface area contributed by atoms with Crippen LogP contribution in [0.15, 0.2) is 152 Å². The van der Waals surface area contributed by atoms with Gasteiger partial charge in [-0.2, -0.15) is 0 Å². The molecule has 2 aliphatic rings. The maximum atomic E-state index is 6.54. The van der Waals surface area contributed by atoms with Crippen LogP contribution in [0.1, 0.15) is 25.0 Å². The van der Waals surface area contributed by atoms with Crippen LogP contribution in [0.25, 0.3) is 67.2 Å². The second-order valence-corrected chi connectivity index (χ2v) is 13.7. The van der Waals surface area contributed by atoms with Crippen LogP contribution in [0.5, 0.6) is 23.0 Å². The zero-order valence-electron chi connectivity index (χ0n) is 28.1. The largest absolute Gasteiger partial charge is 0.449 e. The third kappa shape index (κ3) is 4.81. The van der Waals surface area contributed by atoms with E-state index < -0.39 is 0 Å². The Labute approximate surface area is 295 Å². The molecule has 0 saturated heterocycles. The van der Waals surface area contributed by atoms with E-state index in [-0.39, 0.29) is 5.41 Å². The molecular weight excluding hydrogens is 627 g/mol. The number of hydrogen-bond acceptors (Lipinski definition) is 5. The van der Waals surface area contributed by atoms with Gasteiger partial charge in [-0.1, -0.05) is 141 Å². The molecule has 0 unspecified atom stereocenters. The minimum absolute atomic E-state index is 0.121. The minimum Gasteiger partial charge on any atom is -0.449 e. The van der Waals surface area contributed by atoms with Crippen molar-refractivity contribution in [1.29, 1.82) is 0 Å². The first kappa shape index (κ1) is 29.3. The van der Waals surface area contributed by atoms with E-state index in [1.165, 1.54) is 22.3 Å². The summed E-state index contributed by atoms with van der Waals surface area (Å²) in [7, 11) is 0. The van der Waals surface area contributed by atoms with Gasteiger partial charge in [0.15, 0.2) is 40.5 Å². The Morgan fingerprint density at radius 1 is 0.392 bits per heavy atom. The lowest BCUT2D eigenvalue weighted by molar-refractivity contribution is 0.359. The van der Waals surface area contributed by atoms with Crippen molar-refractivity contribution in [2.45, 2.75) is 19.3 Å². The number of nitrogens with zero attached hydrogens (tertiary/aromatic N) is 3. The van der Waals surface area contributed by atoms with E-state index in [0.29, 0.717) is 29.0 Å². The standard InChI is InChI=1S/C46H31N3O2/c1-46(2)37-18-9-8-16-34(37)36-26-41-42(27-38(36)46)51-40-25-32(23-24-39(40)50-41)28-19-21-31(22-20-28)44-47-43(30-12-4-3-5-13-30)48-45(49-44)35-17-10-14-29-11-6-7-15-33(29)35/h3-27H,1-2H3. The third-order valence-corrected chi connectivity index (χ3v) is 10.2. The highest BCUT2D eigenvalue weighted by atomic mass is 16.6. The molecule has 1 aliphatic carbocycles. The van der Waals surface area contributed by atoms with Crippen LogP contribution in [-0.2, 0) is 5.41 Å². The molecule has 0 atom stereocenters. The second kappa shape index (κ2) is 11.2. The van der Waals surface area contributed by atoms with Crippen molar-refractivity contribution in [3.63, 3.8) is 0 Å². The molecule has 1 aliphatic heterocycles. The Bertz CT molecular complexity index is 2660. The van der Waals surface area contributed by atoms with Crippen molar-refractivity contribution in [2.75, 3.05) is 0 Å². The Kier molecular flexibility index (Phi) is 6.46. The summed E-state index contributed by atoms with van der Waals surface area (Å²) in [5.74, 6) is 4.77. The molecule has 51 heavy (non-hydrogen) atoms. The lowest BCUT2D eigenvalue weighted by atomic mass is 9.82. The van der Waals surface area contributed by atoms with Gasteiger partial charge in [0.1, 0.15) is 0 Å². The van der Waals surface area contributed by atoms with E-state index in [2.05, 4.69) is 117 Å². The Balaban J connectivity index is 0.990. The van der Waals surface area contributed by atoms with Crippen molar-refractivity contribution in [3.8, 4) is 79.4 Å². The normalized spacial score (nSPS) is 13.4. The van der Waals surface area contributed by atoms with Gasteiger partial charge in [-0.3, -0.25) is 0 Å². The molecule has 2 heterocycles. The van der Waals surface area contributed by atoms with Crippen molar-refractivity contribution in [2.24, 2.45) is 0 Å².